The molecule has 1 saturated heterocycles. The van der Waals surface area contributed by atoms with Gasteiger partial charge in [-0.2, -0.15) is 0 Å². The average molecular weight is 270 g/mol. The van der Waals surface area contributed by atoms with Gasteiger partial charge in [-0.15, -0.1) is 0 Å². The van der Waals surface area contributed by atoms with E-state index >= 15 is 0 Å². The van der Waals surface area contributed by atoms with E-state index in [-0.39, 0.29) is 0 Å². The molecule has 0 radical (unpaired) electrons. The van der Waals surface area contributed by atoms with Gasteiger partial charge in [-0.3, -0.25) is 4.99 Å². The van der Waals surface area contributed by atoms with Crippen molar-refractivity contribution >= 4 is 5.96 Å². The maximum absolute atomic E-state index is 5.30. The summed E-state index contributed by atoms with van der Waals surface area (Å²) in [6, 6.07) is 0. The van der Waals surface area contributed by atoms with Gasteiger partial charge in [-0.05, 0) is 52.7 Å². The third kappa shape index (κ3) is 8.06. The molecule has 19 heavy (non-hydrogen) atoms. The second kappa shape index (κ2) is 11.1. The lowest BCUT2D eigenvalue weighted by Crippen LogP contribution is -2.39. The number of nitrogens with zero attached hydrogens (tertiary/aromatic N) is 2. The van der Waals surface area contributed by atoms with E-state index in [1.807, 2.05) is 6.92 Å². The van der Waals surface area contributed by atoms with Crippen molar-refractivity contribution < 1.29 is 4.74 Å². The summed E-state index contributed by atoms with van der Waals surface area (Å²) in [5, 5.41) is 6.54. The Labute approximate surface area is 117 Å². The zero-order valence-corrected chi connectivity index (χ0v) is 12.6. The molecule has 1 fully saturated rings. The van der Waals surface area contributed by atoms with Crippen LogP contribution in [0.25, 0.3) is 0 Å². The fourth-order valence-corrected chi connectivity index (χ4v) is 2.22. The molecule has 0 aromatic rings. The summed E-state index contributed by atoms with van der Waals surface area (Å²) in [5.41, 5.74) is 0. The minimum absolute atomic E-state index is 0.731. The maximum Gasteiger partial charge on any atom is 0.191 e. The van der Waals surface area contributed by atoms with Crippen LogP contribution in [-0.4, -0.2) is 63.3 Å². The first-order valence-electron chi connectivity index (χ1n) is 7.69. The van der Waals surface area contributed by atoms with Crippen LogP contribution in [0.1, 0.15) is 33.1 Å². The van der Waals surface area contributed by atoms with Crippen molar-refractivity contribution in [1.29, 1.82) is 0 Å². The molecule has 0 spiro atoms. The van der Waals surface area contributed by atoms with Crippen LogP contribution in [0.4, 0.5) is 0 Å². The van der Waals surface area contributed by atoms with E-state index in [4.69, 9.17) is 4.74 Å². The molecule has 0 amide bonds. The number of nitrogens with one attached hydrogen (secondary N) is 2. The highest BCUT2D eigenvalue weighted by molar-refractivity contribution is 5.79. The van der Waals surface area contributed by atoms with E-state index in [9.17, 15) is 0 Å². The van der Waals surface area contributed by atoms with E-state index in [1.54, 1.807) is 0 Å². The van der Waals surface area contributed by atoms with Gasteiger partial charge in [0.05, 0.1) is 6.61 Å². The van der Waals surface area contributed by atoms with Gasteiger partial charge in [-0.25, -0.2) is 0 Å². The first-order valence-corrected chi connectivity index (χ1v) is 7.69. The molecule has 1 aliphatic heterocycles. The summed E-state index contributed by atoms with van der Waals surface area (Å²) in [5.74, 6) is 0.906. The van der Waals surface area contributed by atoms with E-state index in [0.29, 0.717) is 0 Å². The molecule has 0 saturated carbocycles. The Morgan fingerprint density at radius 1 is 1.21 bits per heavy atom. The quantitative estimate of drug-likeness (QED) is 0.374. The average Bonchev–Trinajstić information content (AvgIpc) is 2.92. The van der Waals surface area contributed by atoms with Gasteiger partial charge in [0.2, 0.25) is 0 Å². The summed E-state index contributed by atoms with van der Waals surface area (Å²) in [6.07, 6.45) is 3.87. The van der Waals surface area contributed by atoms with Crippen LogP contribution in [0, 0.1) is 0 Å². The summed E-state index contributed by atoms with van der Waals surface area (Å²) in [7, 11) is 0. The van der Waals surface area contributed by atoms with Crippen LogP contribution in [-0.2, 0) is 4.74 Å². The molecule has 5 nitrogen and oxygen atoms in total. The van der Waals surface area contributed by atoms with Crippen molar-refractivity contribution in [3.05, 3.63) is 0 Å². The normalized spacial score (nSPS) is 16.8. The molecule has 0 aliphatic carbocycles. The van der Waals surface area contributed by atoms with Crippen molar-refractivity contribution in [2.24, 2.45) is 4.99 Å². The van der Waals surface area contributed by atoms with Gasteiger partial charge in [0.25, 0.3) is 0 Å². The highest BCUT2D eigenvalue weighted by Gasteiger charge is 2.09. The van der Waals surface area contributed by atoms with E-state index in [0.717, 1.165) is 45.2 Å². The monoisotopic (exact) mass is 270 g/mol. The third-order valence-electron chi connectivity index (χ3n) is 3.19. The number of likely N-dealkylation sites (tertiary alicyclic amines) is 1. The largest absolute Gasteiger partial charge is 0.380 e. The zero-order valence-electron chi connectivity index (χ0n) is 12.6. The van der Waals surface area contributed by atoms with Crippen LogP contribution >= 0.6 is 0 Å². The van der Waals surface area contributed by atoms with Gasteiger partial charge in [0.15, 0.2) is 5.96 Å². The summed E-state index contributed by atoms with van der Waals surface area (Å²) >= 11 is 0. The summed E-state index contributed by atoms with van der Waals surface area (Å²) in [4.78, 5) is 7.12. The molecule has 1 aliphatic rings. The van der Waals surface area contributed by atoms with Gasteiger partial charge in [0, 0.05) is 26.2 Å². The van der Waals surface area contributed by atoms with E-state index < -0.39 is 0 Å². The molecular formula is C14H30N4O. The Hall–Kier alpha value is -0.810. The Morgan fingerprint density at radius 2 is 2.00 bits per heavy atom. The first kappa shape index (κ1) is 16.2. The predicted molar refractivity (Wildman–Crippen MR) is 80.8 cm³/mol. The Bertz CT molecular complexity index is 240. The predicted octanol–water partition coefficient (Wildman–Crippen LogP) is 1.06. The lowest BCUT2D eigenvalue weighted by Gasteiger charge is -2.14. The number of aliphatic imine (C=N–C) groups is 1. The molecule has 1 heterocycles. The fourth-order valence-electron chi connectivity index (χ4n) is 2.22. The summed E-state index contributed by atoms with van der Waals surface area (Å²) < 4.78 is 5.30. The highest BCUT2D eigenvalue weighted by Crippen LogP contribution is 2.07. The molecule has 112 valence electrons. The fraction of sp³-hybridized carbons (Fsp3) is 0.929. The summed E-state index contributed by atoms with van der Waals surface area (Å²) in [6.45, 7) is 11.9. The van der Waals surface area contributed by atoms with Crippen molar-refractivity contribution in [2.75, 3.05) is 52.5 Å². The lowest BCUT2D eigenvalue weighted by atomic mass is 10.4. The topological polar surface area (TPSA) is 48.9 Å². The highest BCUT2D eigenvalue weighted by atomic mass is 16.5. The van der Waals surface area contributed by atoms with Crippen LogP contribution < -0.4 is 10.6 Å². The number of rotatable bonds is 9. The van der Waals surface area contributed by atoms with Crippen LogP contribution in [0.5, 0.6) is 0 Å². The van der Waals surface area contributed by atoms with Crippen molar-refractivity contribution in [1.82, 2.24) is 15.5 Å². The van der Waals surface area contributed by atoms with Crippen LogP contribution in [0.2, 0.25) is 0 Å². The Morgan fingerprint density at radius 3 is 2.68 bits per heavy atom. The molecule has 5 heteroatoms. The molecule has 2 N–H and O–H groups in total. The molecule has 0 atom stereocenters. The molecule has 0 unspecified atom stereocenters. The van der Waals surface area contributed by atoms with Crippen molar-refractivity contribution in [2.45, 2.75) is 33.1 Å². The molecular weight excluding hydrogens is 240 g/mol. The van der Waals surface area contributed by atoms with Crippen molar-refractivity contribution in [3.8, 4) is 0 Å². The maximum atomic E-state index is 5.30. The van der Waals surface area contributed by atoms with E-state index in [1.165, 1.54) is 32.5 Å². The molecule has 1 rings (SSSR count). The Kier molecular flexibility index (Phi) is 9.45. The SMILES string of the molecule is CCNC(=NCCCN1CCCC1)NCCOCC. The first-order chi connectivity index (χ1) is 9.36. The number of ether oxygens (including phenoxy) is 1. The smallest absolute Gasteiger partial charge is 0.191 e. The second-order valence-corrected chi connectivity index (χ2v) is 4.79. The minimum Gasteiger partial charge on any atom is -0.380 e. The van der Waals surface area contributed by atoms with Crippen LogP contribution in [0.15, 0.2) is 4.99 Å². The van der Waals surface area contributed by atoms with Crippen LogP contribution in [0.3, 0.4) is 0 Å². The van der Waals surface area contributed by atoms with Gasteiger partial charge >= 0.3 is 0 Å². The van der Waals surface area contributed by atoms with Gasteiger partial charge in [-0.1, -0.05) is 0 Å². The molecule has 0 bridgehead atoms. The van der Waals surface area contributed by atoms with E-state index in [2.05, 4.69) is 27.4 Å². The van der Waals surface area contributed by atoms with Crippen molar-refractivity contribution in [3.63, 3.8) is 0 Å². The second-order valence-electron chi connectivity index (χ2n) is 4.79. The van der Waals surface area contributed by atoms with Gasteiger partial charge < -0.3 is 20.3 Å². The minimum atomic E-state index is 0.731. The molecule has 0 aromatic heterocycles. The zero-order chi connectivity index (χ0) is 13.8. The number of hydrogen-bond acceptors (Lipinski definition) is 3. The standard InChI is InChI=1S/C14H30N4O/c1-3-15-14(17-9-13-19-4-2)16-8-7-12-18-10-5-6-11-18/h3-13H2,1-2H3,(H2,15,16,17). The van der Waals surface area contributed by atoms with Gasteiger partial charge in [0.1, 0.15) is 0 Å². The third-order valence-corrected chi connectivity index (χ3v) is 3.19. The number of guanidine groups is 1. The number of hydrogen-bond donors (Lipinski definition) is 2. The Balaban J connectivity index is 2.11. The lowest BCUT2D eigenvalue weighted by molar-refractivity contribution is 0.152. The molecule has 0 aromatic carbocycles.